The molecule has 2 rings (SSSR count). The minimum Gasteiger partial charge on any atom is -0.334 e. The molecular formula is C13H15N3O2Si. The first-order valence-corrected chi connectivity index (χ1v) is 9.40. The van der Waals surface area contributed by atoms with Crippen molar-refractivity contribution in [3.63, 3.8) is 0 Å². The Morgan fingerprint density at radius 2 is 2.11 bits per heavy atom. The smallest absolute Gasteiger partial charge is 0.288 e. The lowest BCUT2D eigenvalue weighted by Crippen LogP contribution is -2.16. The molecule has 0 aliphatic heterocycles. The van der Waals surface area contributed by atoms with Crippen LogP contribution in [0.25, 0.3) is 11.0 Å². The number of pyridine rings is 1. The summed E-state index contributed by atoms with van der Waals surface area (Å²) in [5, 5.41) is 11.5. The van der Waals surface area contributed by atoms with Crippen LogP contribution in [0.5, 0.6) is 0 Å². The van der Waals surface area contributed by atoms with E-state index in [1.807, 2.05) is 17.8 Å². The van der Waals surface area contributed by atoms with Gasteiger partial charge in [-0.3, -0.25) is 10.1 Å². The molecule has 0 spiro atoms. The highest BCUT2D eigenvalue weighted by molar-refractivity contribution is 6.83. The summed E-state index contributed by atoms with van der Waals surface area (Å²) in [6, 6.07) is 1.54. The summed E-state index contributed by atoms with van der Waals surface area (Å²) in [6.07, 6.45) is 3.15. The largest absolute Gasteiger partial charge is 0.334 e. The SMILES string of the molecule is Cn1cc(C#C[Si](C)(C)C)c2cc([N+](=O)[O-])cnc21. The molecule has 0 amide bonds. The molecule has 2 aromatic rings. The molecule has 0 atom stereocenters. The van der Waals surface area contributed by atoms with Gasteiger partial charge in [-0.1, -0.05) is 25.6 Å². The van der Waals surface area contributed by atoms with E-state index >= 15 is 0 Å². The first-order chi connectivity index (χ1) is 8.78. The van der Waals surface area contributed by atoms with Gasteiger partial charge in [0.05, 0.1) is 10.5 Å². The lowest BCUT2D eigenvalue weighted by Gasteiger charge is -2.02. The van der Waals surface area contributed by atoms with E-state index in [0.29, 0.717) is 5.65 Å². The van der Waals surface area contributed by atoms with Gasteiger partial charge in [-0.2, -0.15) is 0 Å². The summed E-state index contributed by atoms with van der Waals surface area (Å²) in [7, 11) is 0.384. The van der Waals surface area contributed by atoms with Crippen LogP contribution in [0.4, 0.5) is 5.69 Å². The minimum absolute atomic E-state index is 0.00486. The van der Waals surface area contributed by atoms with E-state index in [1.165, 1.54) is 12.3 Å². The third-order valence-corrected chi connectivity index (χ3v) is 3.46. The summed E-state index contributed by atoms with van der Waals surface area (Å²) < 4.78 is 1.84. The Hall–Kier alpha value is -2.13. The fourth-order valence-corrected chi connectivity index (χ4v) is 2.21. The Morgan fingerprint density at radius 3 is 2.68 bits per heavy atom. The zero-order valence-corrected chi connectivity index (χ0v) is 12.4. The summed E-state index contributed by atoms with van der Waals surface area (Å²) in [5.41, 5.74) is 4.78. The van der Waals surface area contributed by atoms with Gasteiger partial charge < -0.3 is 4.57 Å². The maximum atomic E-state index is 10.8. The summed E-state index contributed by atoms with van der Waals surface area (Å²) in [4.78, 5) is 14.5. The van der Waals surface area contributed by atoms with Crippen molar-refractivity contribution in [1.29, 1.82) is 0 Å². The van der Waals surface area contributed by atoms with Gasteiger partial charge in [-0.15, -0.1) is 5.54 Å². The topological polar surface area (TPSA) is 61.0 Å². The third kappa shape index (κ3) is 2.82. The molecule has 98 valence electrons. The van der Waals surface area contributed by atoms with Gasteiger partial charge in [0.2, 0.25) is 0 Å². The first-order valence-electron chi connectivity index (χ1n) is 5.90. The molecule has 19 heavy (non-hydrogen) atoms. The third-order valence-electron chi connectivity index (χ3n) is 2.58. The molecule has 0 aromatic carbocycles. The maximum Gasteiger partial charge on any atom is 0.288 e. The van der Waals surface area contributed by atoms with Gasteiger partial charge >= 0.3 is 0 Å². The fraction of sp³-hybridized carbons (Fsp3) is 0.308. The van der Waals surface area contributed by atoms with Crippen LogP contribution in [0.15, 0.2) is 18.5 Å². The highest BCUT2D eigenvalue weighted by Crippen LogP contribution is 2.22. The Bertz CT molecular complexity index is 717. The second-order valence-electron chi connectivity index (χ2n) is 5.48. The van der Waals surface area contributed by atoms with E-state index in [9.17, 15) is 10.1 Å². The molecule has 2 heterocycles. The number of rotatable bonds is 1. The zero-order valence-electron chi connectivity index (χ0n) is 11.4. The predicted molar refractivity (Wildman–Crippen MR) is 77.6 cm³/mol. The summed E-state index contributed by atoms with van der Waals surface area (Å²) in [6.45, 7) is 6.48. The Morgan fingerprint density at radius 1 is 1.42 bits per heavy atom. The number of fused-ring (bicyclic) bond motifs is 1. The molecule has 0 bridgehead atoms. The van der Waals surface area contributed by atoms with Crippen molar-refractivity contribution in [1.82, 2.24) is 9.55 Å². The van der Waals surface area contributed by atoms with E-state index in [1.54, 1.807) is 0 Å². The fourth-order valence-electron chi connectivity index (χ4n) is 1.70. The molecule has 0 N–H and O–H groups in total. The van der Waals surface area contributed by atoms with Crippen molar-refractivity contribution in [3.05, 3.63) is 34.1 Å². The summed E-state index contributed by atoms with van der Waals surface area (Å²) >= 11 is 0. The monoisotopic (exact) mass is 273 g/mol. The van der Waals surface area contributed by atoms with Gasteiger partial charge in [-0.05, 0) is 0 Å². The van der Waals surface area contributed by atoms with Gasteiger partial charge in [0, 0.05) is 24.7 Å². The van der Waals surface area contributed by atoms with Crippen LogP contribution in [0.3, 0.4) is 0 Å². The molecule has 0 unspecified atom stereocenters. The number of nitrogens with zero attached hydrogens (tertiary/aromatic N) is 3. The van der Waals surface area contributed by atoms with E-state index < -0.39 is 13.0 Å². The zero-order chi connectivity index (χ0) is 14.2. The van der Waals surface area contributed by atoms with Crippen LogP contribution in [-0.4, -0.2) is 22.5 Å². The molecule has 0 radical (unpaired) electrons. The number of aromatic nitrogens is 2. The van der Waals surface area contributed by atoms with Crippen molar-refractivity contribution < 1.29 is 4.92 Å². The lowest BCUT2D eigenvalue weighted by atomic mass is 10.2. The van der Waals surface area contributed by atoms with Crippen LogP contribution in [0.1, 0.15) is 5.56 Å². The second kappa shape index (κ2) is 4.52. The van der Waals surface area contributed by atoms with Crippen LogP contribution < -0.4 is 0 Å². The second-order valence-corrected chi connectivity index (χ2v) is 10.2. The molecule has 0 saturated heterocycles. The van der Waals surface area contributed by atoms with E-state index in [4.69, 9.17) is 0 Å². The summed E-state index contributed by atoms with van der Waals surface area (Å²) in [5.74, 6) is 3.14. The number of hydrogen-bond donors (Lipinski definition) is 0. The molecule has 0 aliphatic rings. The lowest BCUT2D eigenvalue weighted by molar-refractivity contribution is -0.385. The van der Waals surface area contributed by atoms with Gasteiger partial charge in [0.25, 0.3) is 5.69 Å². The molecule has 0 fully saturated rings. The average molecular weight is 273 g/mol. The first kappa shape index (κ1) is 13.3. The van der Waals surface area contributed by atoms with Crippen LogP contribution in [0.2, 0.25) is 19.6 Å². The van der Waals surface area contributed by atoms with Gasteiger partial charge in [0.15, 0.2) is 0 Å². The molecule has 2 aromatic heterocycles. The van der Waals surface area contributed by atoms with Crippen LogP contribution >= 0.6 is 0 Å². The van der Waals surface area contributed by atoms with E-state index in [-0.39, 0.29) is 5.69 Å². The Kier molecular flexibility index (Phi) is 3.16. The van der Waals surface area contributed by atoms with Crippen LogP contribution in [-0.2, 0) is 7.05 Å². The van der Waals surface area contributed by atoms with Crippen molar-refractivity contribution in [2.24, 2.45) is 7.05 Å². The maximum absolute atomic E-state index is 10.8. The highest BCUT2D eigenvalue weighted by atomic mass is 28.3. The van der Waals surface area contributed by atoms with Gasteiger partial charge in [-0.25, -0.2) is 4.98 Å². The van der Waals surface area contributed by atoms with Crippen molar-refractivity contribution in [2.75, 3.05) is 0 Å². The number of hydrogen-bond acceptors (Lipinski definition) is 3. The predicted octanol–water partition coefficient (Wildman–Crippen LogP) is 2.71. The molecule has 6 heteroatoms. The van der Waals surface area contributed by atoms with Crippen LogP contribution in [0, 0.1) is 21.6 Å². The average Bonchev–Trinajstić information content (AvgIpc) is 2.62. The highest BCUT2D eigenvalue weighted by Gasteiger charge is 2.13. The Balaban J connectivity index is 2.64. The van der Waals surface area contributed by atoms with Crippen molar-refractivity contribution >= 4 is 24.8 Å². The molecular weight excluding hydrogens is 258 g/mol. The molecule has 5 nitrogen and oxygen atoms in total. The van der Waals surface area contributed by atoms with Crippen molar-refractivity contribution in [2.45, 2.75) is 19.6 Å². The Labute approximate surface area is 112 Å². The van der Waals surface area contributed by atoms with Crippen molar-refractivity contribution in [3.8, 4) is 11.5 Å². The minimum atomic E-state index is -1.48. The van der Waals surface area contributed by atoms with Gasteiger partial charge in [0.1, 0.15) is 19.9 Å². The standard InChI is InChI=1S/C13H15N3O2Si/c1-15-9-10(5-6-19(2,3)4)12-7-11(16(17)18)8-14-13(12)15/h7-9H,1-4H3. The van der Waals surface area contributed by atoms with E-state index in [2.05, 4.69) is 36.1 Å². The van der Waals surface area contributed by atoms with E-state index in [0.717, 1.165) is 10.9 Å². The number of aryl methyl sites for hydroxylation is 1. The normalized spacial score (nSPS) is 11.2. The number of nitro groups is 1. The molecule has 0 aliphatic carbocycles. The quantitative estimate of drug-likeness (QED) is 0.347. The molecule has 0 saturated carbocycles.